The van der Waals surface area contributed by atoms with Crippen LogP contribution in [0, 0.1) is 6.92 Å². The second-order valence-corrected chi connectivity index (χ2v) is 5.45. The number of amides is 1. The summed E-state index contributed by atoms with van der Waals surface area (Å²) in [7, 11) is 0. The molecule has 1 aliphatic heterocycles. The average molecular weight is 257 g/mol. The second kappa shape index (κ2) is 4.68. The van der Waals surface area contributed by atoms with Crippen LogP contribution in [0.15, 0.2) is 18.3 Å². The fourth-order valence-electron chi connectivity index (χ4n) is 3.07. The Kier molecular flexibility index (Phi) is 3.01. The molecule has 4 nitrogen and oxygen atoms in total. The molecule has 1 saturated heterocycles. The molecule has 100 valence electrons. The summed E-state index contributed by atoms with van der Waals surface area (Å²) in [6.07, 6.45) is 3.98. The van der Waals surface area contributed by atoms with Gasteiger partial charge in [0.1, 0.15) is 0 Å². The topological polar surface area (TPSA) is 49.0 Å². The first-order valence-electron chi connectivity index (χ1n) is 6.84. The molecule has 0 atom stereocenters. The molecule has 0 aliphatic carbocycles. The van der Waals surface area contributed by atoms with Crippen molar-refractivity contribution in [1.29, 1.82) is 0 Å². The van der Waals surface area contributed by atoms with Crippen molar-refractivity contribution in [2.45, 2.75) is 32.6 Å². The smallest absolute Gasteiger partial charge is 0.219 e. The highest BCUT2D eigenvalue weighted by molar-refractivity contribution is 5.80. The molecule has 1 N–H and O–H groups in total. The minimum atomic E-state index is 0.194. The summed E-state index contributed by atoms with van der Waals surface area (Å²) >= 11 is 0. The lowest BCUT2D eigenvalue weighted by atomic mass is 9.86. The molecular formula is C15H19N3O. The Labute approximate surface area is 112 Å². The third-order valence-corrected chi connectivity index (χ3v) is 4.21. The van der Waals surface area contributed by atoms with Gasteiger partial charge in [-0.3, -0.25) is 9.89 Å². The average Bonchev–Trinajstić information content (AvgIpc) is 2.85. The van der Waals surface area contributed by atoms with Crippen molar-refractivity contribution < 1.29 is 4.79 Å². The van der Waals surface area contributed by atoms with E-state index < -0.39 is 0 Å². The SMILES string of the molecule is CC(=O)N1CCC(c2cc3[nH]ncc3cc2C)CC1. The van der Waals surface area contributed by atoms with Gasteiger partial charge in [0.05, 0.1) is 11.7 Å². The molecule has 19 heavy (non-hydrogen) atoms. The van der Waals surface area contributed by atoms with Gasteiger partial charge in [0, 0.05) is 25.4 Å². The van der Waals surface area contributed by atoms with E-state index in [4.69, 9.17) is 0 Å². The van der Waals surface area contributed by atoms with Gasteiger partial charge in [-0.15, -0.1) is 0 Å². The Morgan fingerprint density at radius 3 is 2.79 bits per heavy atom. The summed E-state index contributed by atoms with van der Waals surface area (Å²) in [5.74, 6) is 0.752. The molecule has 0 saturated carbocycles. The van der Waals surface area contributed by atoms with Crippen LogP contribution < -0.4 is 0 Å². The zero-order valence-corrected chi connectivity index (χ0v) is 11.4. The van der Waals surface area contributed by atoms with Crippen molar-refractivity contribution in [3.63, 3.8) is 0 Å². The lowest BCUT2D eigenvalue weighted by Crippen LogP contribution is -2.36. The highest BCUT2D eigenvalue weighted by atomic mass is 16.2. The Morgan fingerprint density at radius 2 is 2.11 bits per heavy atom. The largest absolute Gasteiger partial charge is 0.343 e. The summed E-state index contributed by atoms with van der Waals surface area (Å²) in [6.45, 7) is 5.57. The number of carbonyl (C=O) groups is 1. The highest BCUT2D eigenvalue weighted by Crippen LogP contribution is 2.32. The Bertz CT molecular complexity index is 609. The van der Waals surface area contributed by atoms with E-state index in [9.17, 15) is 4.79 Å². The van der Waals surface area contributed by atoms with Crippen LogP contribution in [-0.4, -0.2) is 34.1 Å². The zero-order valence-electron chi connectivity index (χ0n) is 11.4. The van der Waals surface area contributed by atoms with Gasteiger partial charge in [-0.1, -0.05) is 0 Å². The first-order chi connectivity index (χ1) is 9.15. The number of hydrogen-bond acceptors (Lipinski definition) is 2. The van der Waals surface area contributed by atoms with Gasteiger partial charge in [0.2, 0.25) is 5.91 Å². The van der Waals surface area contributed by atoms with Crippen LogP contribution in [0.4, 0.5) is 0 Å². The number of aromatic nitrogens is 2. The molecule has 0 unspecified atom stereocenters. The number of carbonyl (C=O) groups excluding carboxylic acids is 1. The van der Waals surface area contributed by atoms with Crippen molar-refractivity contribution in [2.24, 2.45) is 0 Å². The standard InChI is InChI=1S/C15H19N3O/c1-10-7-13-9-16-17-15(13)8-14(10)12-3-5-18(6-4-12)11(2)19/h7-9,12H,3-6H2,1-2H3,(H,16,17). The first kappa shape index (κ1) is 12.2. The Balaban J connectivity index is 1.85. The summed E-state index contributed by atoms with van der Waals surface area (Å²) in [4.78, 5) is 13.3. The van der Waals surface area contributed by atoms with Gasteiger partial charge < -0.3 is 4.90 Å². The quantitative estimate of drug-likeness (QED) is 0.853. The number of aromatic amines is 1. The maximum absolute atomic E-state index is 11.4. The third-order valence-electron chi connectivity index (χ3n) is 4.21. The van der Waals surface area contributed by atoms with E-state index in [0.717, 1.165) is 31.4 Å². The normalized spacial score (nSPS) is 17.1. The number of benzene rings is 1. The van der Waals surface area contributed by atoms with Crippen LogP contribution >= 0.6 is 0 Å². The molecule has 4 heteroatoms. The van der Waals surface area contributed by atoms with Crippen LogP contribution in [0.1, 0.15) is 36.8 Å². The Hall–Kier alpha value is -1.84. The van der Waals surface area contributed by atoms with E-state index in [1.807, 2.05) is 11.1 Å². The number of hydrogen-bond donors (Lipinski definition) is 1. The first-order valence-corrected chi connectivity index (χ1v) is 6.84. The maximum Gasteiger partial charge on any atom is 0.219 e. The summed E-state index contributed by atoms with van der Waals surface area (Å²) in [6, 6.07) is 4.43. The van der Waals surface area contributed by atoms with Crippen LogP contribution in [-0.2, 0) is 4.79 Å². The fourth-order valence-corrected chi connectivity index (χ4v) is 3.07. The molecular weight excluding hydrogens is 238 g/mol. The minimum Gasteiger partial charge on any atom is -0.343 e. The number of fused-ring (bicyclic) bond motifs is 1. The van der Waals surface area contributed by atoms with Crippen molar-refractivity contribution in [2.75, 3.05) is 13.1 Å². The van der Waals surface area contributed by atoms with Crippen LogP contribution in [0.25, 0.3) is 10.9 Å². The number of piperidine rings is 1. The molecule has 3 rings (SSSR count). The molecule has 1 aromatic carbocycles. The highest BCUT2D eigenvalue weighted by Gasteiger charge is 2.23. The molecule has 0 bridgehead atoms. The van der Waals surface area contributed by atoms with E-state index in [-0.39, 0.29) is 5.91 Å². The van der Waals surface area contributed by atoms with E-state index in [1.165, 1.54) is 16.5 Å². The predicted molar refractivity (Wildman–Crippen MR) is 75.1 cm³/mol. The predicted octanol–water partition coefficient (Wildman–Crippen LogP) is 2.60. The van der Waals surface area contributed by atoms with E-state index in [1.54, 1.807) is 6.92 Å². The van der Waals surface area contributed by atoms with E-state index in [0.29, 0.717) is 5.92 Å². The fraction of sp³-hybridized carbons (Fsp3) is 0.467. The van der Waals surface area contributed by atoms with Crippen molar-refractivity contribution in [3.8, 4) is 0 Å². The molecule has 0 radical (unpaired) electrons. The summed E-state index contributed by atoms with van der Waals surface area (Å²) in [5, 5.41) is 8.29. The van der Waals surface area contributed by atoms with Gasteiger partial charge in [-0.2, -0.15) is 5.10 Å². The molecule has 1 aliphatic rings. The lowest BCUT2D eigenvalue weighted by molar-refractivity contribution is -0.129. The second-order valence-electron chi connectivity index (χ2n) is 5.45. The van der Waals surface area contributed by atoms with Gasteiger partial charge in [-0.05, 0) is 48.9 Å². The molecule has 2 heterocycles. The van der Waals surface area contributed by atoms with Crippen molar-refractivity contribution in [1.82, 2.24) is 15.1 Å². The molecule has 1 aromatic heterocycles. The number of nitrogens with one attached hydrogen (secondary N) is 1. The van der Waals surface area contributed by atoms with Crippen LogP contribution in [0.3, 0.4) is 0 Å². The van der Waals surface area contributed by atoms with Gasteiger partial charge >= 0.3 is 0 Å². The molecule has 0 spiro atoms. The summed E-state index contributed by atoms with van der Waals surface area (Å²) in [5.41, 5.74) is 3.84. The third kappa shape index (κ3) is 2.23. The lowest BCUT2D eigenvalue weighted by Gasteiger charge is -2.32. The maximum atomic E-state index is 11.4. The van der Waals surface area contributed by atoms with Gasteiger partial charge in [0.15, 0.2) is 0 Å². The molecule has 1 amide bonds. The van der Waals surface area contributed by atoms with Crippen molar-refractivity contribution in [3.05, 3.63) is 29.5 Å². The molecule has 2 aromatic rings. The van der Waals surface area contributed by atoms with E-state index >= 15 is 0 Å². The number of likely N-dealkylation sites (tertiary alicyclic amines) is 1. The van der Waals surface area contributed by atoms with Gasteiger partial charge in [0.25, 0.3) is 0 Å². The summed E-state index contributed by atoms with van der Waals surface area (Å²) < 4.78 is 0. The van der Waals surface area contributed by atoms with E-state index in [2.05, 4.69) is 29.3 Å². The van der Waals surface area contributed by atoms with Gasteiger partial charge in [-0.25, -0.2) is 0 Å². The number of nitrogens with zero attached hydrogens (tertiary/aromatic N) is 2. The Morgan fingerprint density at radius 1 is 1.37 bits per heavy atom. The van der Waals surface area contributed by atoms with Crippen molar-refractivity contribution >= 4 is 16.8 Å². The number of aryl methyl sites for hydroxylation is 1. The number of rotatable bonds is 1. The number of H-pyrrole nitrogens is 1. The zero-order chi connectivity index (χ0) is 13.4. The minimum absolute atomic E-state index is 0.194. The van der Waals surface area contributed by atoms with Crippen LogP contribution in [0.5, 0.6) is 0 Å². The monoisotopic (exact) mass is 257 g/mol. The van der Waals surface area contributed by atoms with Crippen LogP contribution in [0.2, 0.25) is 0 Å². The molecule has 1 fully saturated rings.